The molecule has 1 aliphatic heterocycles. The molecule has 1 saturated carbocycles. The summed E-state index contributed by atoms with van der Waals surface area (Å²) >= 11 is 12.1. The number of aromatic hydroxyl groups is 1. The average molecular weight is 531 g/mol. The second-order valence-corrected chi connectivity index (χ2v) is 10.7. The van der Waals surface area contributed by atoms with Gasteiger partial charge in [-0.1, -0.05) is 47.5 Å². The van der Waals surface area contributed by atoms with Crippen LogP contribution in [-0.2, 0) is 26.2 Å². The minimum Gasteiger partial charge on any atom is -0.508 e. The van der Waals surface area contributed by atoms with Crippen LogP contribution in [0.4, 0.5) is 0 Å². The lowest BCUT2D eigenvalue weighted by Gasteiger charge is -2.59. The molecule has 1 heterocycles. The summed E-state index contributed by atoms with van der Waals surface area (Å²) in [5.41, 5.74) is 0.367. The van der Waals surface area contributed by atoms with Crippen LogP contribution in [0, 0.1) is 0 Å². The Bertz CT molecular complexity index is 1160. The maximum absolute atomic E-state index is 13.0. The van der Waals surface area contributed by atoms with Crippen molar-refractivity contribution in [3.63, 3.8) is 0 Å². The van der Waals surface area contributed by atoms with E-state index in [4.69, 9.17) is 27.9 Å². The summed E-state index contributed by atoms with van der Waals surface area (Å²) in [5, 5.41) is 14.4. The Hall–Kier alpha value is -2.54. The molecule has 0 aromatic heterocycles. The zero-order chi connectivity index (χ0) is 25.9. The van der Waals surface area contributed by atoms with Crippen LogP contribution >= 0.6 is 23.2 Å². The summed E-state index contributed by atoms with van der Waals surface area (Å²) in [6.07, 6.45) is 4.62. The standard InChI is InChI=1S/C28H32Cl2N2O4/c1-3-12-32-13-11-27(21-5-4-6-23(34)16-21)17-22(9-10-28(27,18-32)36-19(2)33)31-26(35)15-20-7-8-24(29)25(30)14-20/h3-8,14,16,22,34H,1,9-13,15,17-18H2,2H3,(H,31,35)/t22-,27?,28?/m0/s1. The number of hydrogen-bond donors (Lipinski definition) is 2. The highest BCUT2D eigenvalue weighted by Crippen LogP contribution is 2.54. The van der Waals surface area contributed by atoms with E-state index in [9.17, 15) is 14.7 Å². The Balaban J connectivity index is 1.63. The van der Waals surface area contributed by atoms with Crippen LogP contribution in [0.2, 0.25) is 10.0 Å². The predicted molar refractivity (Wildman–Crippen MR) is 141 cm³/mol. The lowest BCUT2D eigenvalue weighted by atomic mass is 9.55. The number of benzene rings is 2. The molecule has 1 aliphatic carbocycles. The number of nitrogens with zero attached hydrogens (tertiary/aromatic N) is 1. The van der Waals surface area contributed by atoms with Gasteiger partial charge in [-0.25, -0.2) is 0 Å². The number of phenols is 1. The van der Waals surface area contributed by atoms with Gasteiger partial charge in [0.25, 0.3) is 0 Å². The first-order valence-electron chi connectivity index (χ1n) is 12.2. The number of likely N-dealkylation sites (tertiary alicyclic amines) is 1. The minimum absolute atomic E-state index is 0.103. The molecule has 2 unspecified atom stereocenters. The normalized spacial score (nSPS) is 26.0. The fraction of sp³-hybridized carbons (Fsp3) is 0.429. The first-order chi connectivity index (χ1) is 17.2. The first-order valence-corrected chi connectivity index (χ1v) is 13.0. The lowest BCUT2D eigenvalue weighted by molar-refractivity contribution is -0.186. The molecule has 0 bridgehead atoms. The van der Waals surface area contributed by atoms with Crippen molar-refractivity contribution < 1.29 is 19.4 Å². The van der Waals surface area contributed by atoms with Gasteiger partial charge in [0.05, 0.1) is 16.5 Å². The highest BCUT2D eigenvalue weighted by Gasteiger charge is 2.60. The molecule has 2 fully saturated rings. The second-order valence-electron chi connectivity index (χ2n) is 9.93. The first kappa shape index (κ1) is 26.5. The van der Waals surface area contributed by atoms with E-state index < -0.39 is 11.0 Å². The number of esters is 1. The van der Waals surface area contributed by atoms with E-state index in [2.05, 4.69) is 16.8 Å². The van der Waals surface area contributed by atoms with Crippen LogP contribution in [0.3, 0.4) is 0 Å². The fourth-order valence-corrected chi connectivity index (χ4v) is 6.39. The fourth-order valence-electron chi connectivity index (χ4n) is 6.07. The Kier molecular flexibility index (Phi) is 7.98. The average Bonchev–Trinajstić information content (AvgIpc) is 2.81. The molecule has 0 spiro atoms. The van der Waals surface area contributed by atoms with Crippen LogP contribution < -0.4 is 5.32 Å². The molecule has 2 aliphatic rings. The second kappa shape index (κ2) is 10.8. The maximum Gasteiger partial charge on any atom is 0.303 e. The third kappa shape index (κ3) is 5.41. The van der Waals surface area contributed by atoms with Crippen LogP contribution in [0.15, 0.2) is 55.1 Å². The monoisotopic (exact) mass is 530 g/mol. The van der Waals surface area contributed by atoms with Gasteiger partial charge in [0.2, 0.25) is 5.91 Å². The molecule has 0 radical (unpaired) electrons. The van der Waals surface area contributed by atoms with E-state index in [1.807, 2.05) is 18.2 Å². The molecule has 1 amide bonds. The molecule has 1 saturated heterocycles. The third-order valence-corrected chi connectivity index (χ3v) is 8.28. The quantitative estimate of drug-likeness (QED) is 0.387. The summed E-state index contributed by atoms with van der Waals surface area (Å²) in [6.45, 7) is 7.37. The van der Waals surface area contributed by atoms with Gasteiger partial charge in [-0.2, -0.15) is 0 Å². The van der Waals surface area contributed by atoms with Crippen LogP contribution in [0.1, 0.15) is 43.7 Å². The Morgan fingerprint density at radius 1 is 1.22 bits per heavy atom. The summed E-state index contributed by atoms with van der Waals surface area (Å²) in [4.78, 5) is 27.6. The number of carbonyl (C=O) groups is 2. The van der Waals surface area contributed by atoms with Gasteiger partial charge < -0.3 is 15.2 Å². The maximum atomic E-state index is 13.0. The van der Waals surface area contributed by atoms with Crippen LogP contribution in [0.5, 0.6) is 5.75 Å². The van der Waals surface area contributed by atoms with Crippen molar-refractivity contribution in [2.45, 2.75) is 56.1 Å². The number of amides is 1. The van der Waals surface area contributed by atoms with Gasteiger partial charge in [-0.3, -0.25) is 14.5 Å². The van der Waals surface area contributed by atoms with Crippen molar-refractivity contribution in [3.8, 4) is 5.75 Å². The number of ether oxygens (including phenoxy) is 1. The number of fused-ring (bicyclic) bond motifs is 1. The van der Waals surface area contributed by atoms with E-state index in [-0.39, 0.29) is 30.1 Å². The lowest BCUT2D eigenvalue weighted by Crippen LogP contribution is -2.68. The van der Waals surface area contributed by atoms with E-state index in [1.165, 1.54) is 6.92 Å². The van der Waals surface area contributed by atoms with Gasteiger partial charge in [-0.05, 0) is 67.6 Å². The number of phenolic OH excluding ortho intramolecular Hbond substituents is 1. The molecular weight excluding hydrogens is 499 g/mol. The smallest absolute Gasteiger partial charge is 0.303 e. The van der Waals surface area contributed by atoms with E-state index in [0.29, 0.717) is 42.4 Å². The van der Waals surface area contributed by atoms with Crippen LogP contribution in [0.25, 0.3) is 0 Å². The predicted octanol–water partition coefficient (Wildman–Crippen LogP) is 5.04. The molecule has 3 atom stereocenters. The molecule has 2 aromatic carbocycles. The van der Waals surface area contributed by atoms with Crippen molar-refractivity contribution in [2.24, 2.45) is 0 Å². The van der Waals surface area contributed by atoms with Crippen LogP contribution in [-0.4, -0.2) is 53.2 Å². The summed E-state index contributed by atoms with van der Waals surface area (Å²) in [7, 11) is 0. The molecule has 36 heavy (non-hydrogen) atoms. The van der Waals surface area contributed by atoms with Gasteiger partial charge in [0.15, 0.2) is 0 Å². The van der Waals surface area contributed by atoms with Crippen molar-refractivity contribution in [2.75, 3.05) is 19.6 Å². The van der Waals surface area contributed by atoms with Crippen molar-refractivity contribution in [3.05, 3.63) is 76.3 Å². The number of piperidine rings is 1. The SMILES string of the molecule is C=CCN1CCC2(c3cccc(O)c3)C[C@@H](NC(=O)Cc3ccc(Cl)c(Cl)c3)CCC2(OC(C)=O)C1. The van der Waals surface area contributed by atoms with Crippen molar-refractivity contribution in [1.29, 1.82) is 0 Å². The third-order valence-electron chi connectivity index (χ3n) is 7.54. The summed E-state index contributed by atoms with van der Waals surface area (Å²) in [5.74, 6) is -0.270. The Morgan fingerprint density at radius 3 is 2.72 bits per heavy atom. The summed E-state index contributed by atoms with van der Waals surface area (Å²) < 4.78 is 6.19. The zero-order valence-corrected chi connectivity index (χ0v) is 21.9. The van der Waals surface area contributed by atoms with E-state index in [0.717, 1.165) is 24.1 Å². The topological polar surface area (TPSA) is 78.9 Å². The number of rotatable bonds is 7. The van der Waals surface area contributed by atoms with Crippen molar-refractivity contribution >= 4 is 35.1 Å². The highest BCUT2D eigenvalue weighted by molar-refractivity contribution is 6.42. The number of carbonyl (C=O) groups excluding carboxylic acids is 2. The van der Waals surface area contributed by atoms with Gasteiger partial charge in [0.1, 0.15) is 11.4 Å². The van der Waals surface area contributed by atoms with E-state index in [1.54, 1.807) is 30.3 Å². The zero-order valence-electron chi connectivity index (χ0n) is 20.4. The van der Waals surface area contributed by atoms with E-state index >= 15 is 0 Å². The van der Waals surface area contributed by atoms with Crippen molar-refractivity contribution in [1.82, 2.24) is 10.2 Å². The Labute approximate surface area is 222 Å². The summed E-state index contributed by atoms with van der Waals surface area (Å²) in [6, 6.07) is 12.3. The molecule has 2 N–H and O–H groups in total. The minimum atomic E-state index is -0.779. The Morgan fingerprint density at radius 2 is 2.03 bits per heavy atom. The largest absolute Gasteiger partial charge is 0.508 e. The molecule has 4 rings (SSSR count). The van der Waals surface area contributed by atoms with Gasteiger partial charge in [0, 0.05) is 31.5 Å². The van der Waals surface area contributed by atoms with Gasteiger partial charge in [-0.15, -0.1) is 6.58 Å². The number of hydrogen-bond acceptors (Lipinski definition) is 5. The number of halogens is 2. The molecular formula is C28H32Cl2N2O4. The molecule has 6 nitrogen and oxygen atoms in total. The molecule has 8 heteroatoms. The highest BCUT2D eigenvalue weighted by atomic mass is 35.5. The number of nitrogens with one attached hydrogen (secondary N) is 1. The van der Waals surface area contributed by atoms with Gasteiger partial charge >= 0.3 is 5.97 Å². The molecule has 2 aromatic rings. The molecule has 192 valence electrons.